The molecule has 2 aromatic rings. The molecule has 0 aromatic heterocycles. The smallest absolute Gasteiger partial charge is 0.255 e. The molecule has 1 saturated heterocycles. The molecule has 1 aliphatic rings. The van der Waals surface area contributed by atoms with Gasteiger partial charge in [-0.1, -0.05) is 18.6 Å². The third kappa shape index (κ3) is 4.67. The molecule has 3 rings (SSSR count). The van der Waals surface area contributed by atoms with Crippen molar-refractivity contribution >= 4 is 21.6 Å². The summed E-state index contributed by atoms with van der Waals surface area (Å²) in [6.07, 6.45) is 2.79. The third-order valence-electron chi connectivity index (χ3n) is 4.45. The van der Waals surface area contributed by atoms with Crippen molar-refractivity contribution in [3.8, 4) is 5.75 Å². The summed E-state index contributed by atoms with van der Waals surface area (Å²) >= 11 is 0. The number of nitrogens with one attached hydrogen (secondary N) is 1. The Morgan fingerprint density at radius 1 is 1.07 bits per heavy atom. The summed E-state index contributed by atoms with van der Waals surface area (Å²) in [7, 11) is -3.57. The van der Waals surface area contributed by atoms with E-state index in [1.165, 1.54) is 16.4 Å². The van der Waals surface area contributed by atoms with Crippen molar-refractivity contribution in [3.63, 3.8) is 0 Å². The Morgan fingerprint density at radius 3 is 2.56 bits per heavy atom. The Kier molecular flexibility index (Phi) is 6.13. The molecule has 0 saturated carbocycles. The summed E-state index contributed by atoms with van der Waals surface area (Å²) in [5.41, 5.74) is 0.894. The lowest BCUT2D eigenvalue weighted by Crippen LogP contribution is -2.35. The van der Waals surface area contributed by atoms with Crippen molar-refractivity contribution in [1.29, 1.82) is 0 Å². The Balaban J connectivity index is 1.78. The SMILES string of the molecule is CCOc1cccc(NC(=O)c2cccc(S(=O)(=O)N3CCCCC3)c2)c1. The van der Waals surface area contributed by atoms with Crippen LogP contribution in [0.4, 0.5) is 5.69 Å². The summed E-state index contributed by atoms with van der Waals surface area (Å²) in [6, 6.07) is 13.3. The number of piperidine rings is 1. The van der Waals surface area contributed by atoms with Crippen LogP contribution in [0.25, 0.3) is 0 Å². The second-order valence-electron chi connectivity index (χ2n) is 6.41. The lowest BCUT2D eigenvalue weighted by molar-refractivity contribution is 0.102. The standard InChI is InChI=1S/C20H24N2O4S/c1-2-26-18-10-7-9-17(15-18)21-20(23)16-8-6-11-19(14-16)27(24,25)22-12-4-3-5-13-22/h6-11,14-15H,2-5,12-13H2,1H3,(H,21,23). The van der Waals surface area contributed by atoms with Gasteiger partial charge in [0.1, 0.15) is 5.75 Å². The number of benzene rings is 2. The first-order valence-corrected chi connectivity index (χ1v) is 10.6. The zero-order valence-corrected chi connectivity index (χ0v) is 16.2. The van der Waals surface area contributed by atoms with Crippen LogP contribution in [0, 0.1) is 0 Å². The van der Waals surface area contributed by atoms with E-state index in [-0.39, 0.29) is 10.8 Å². The van der Waals surface area contributed by atoms with Crippen LogP contribution in [0.3, 0.4) is 0 Å². The maximum Gasteiger partial charge on any atom is 0.255 e. The minimum atomic E-state index is -3.57. The number of anilines is 1. The van der Waals surface area contributed by atoms with Gasteiger partial charge in [-0.2, -0.15) is 4.31 Å². The molecule has 0 aliphatic carbocycles. The minimum absolute atomic E-state index is 0.153. The van der Waals surface area contributed by atoms with Crippen molar-refractivity contribution in [2.45, 2.75) is 31.1 Å². The van der Waals surface area contributed by atoms with Crippen LogP contribution >= 0.6 is 0 Å². The van der Waals surface area contributed by atoms with Gasteiger partial charge >= 0.3 is 0 Å². The molecule has 7 heteroatoms. The molecule has 0 bridgehead atoms. The molecule has 0 radical (unpaired) electrons. The van der Waals surface area contributed by atoms with Crippen molar-refractivity contribution < 1.29 is 17.9 Å². The van der Waals surface area contributed by atoms with Crippen LogP contribution in [0.5, 0.6) is 5.75 Å². The van der Waals surface area contributed by atoms with Gasteiger partial charge in [0, 0.05) is 30.4 Å². The first-order valence-electron chi connectivity index (χ1n) is 9.15. The highest BCUT2D eigenvalue weighted by Gasteiger charge is 2.26. The van der Waals surface area contributed by atoms with Crippen LogP contribution in [-0.4, -0.2) is 38.3 Å². The van der Waals surface area contributed by atoms with Crippen molar-refractivity contribution in [2.75, 3.05) is 25.0 Å². The Labute approximate surface area is 160 Å². The minimum Gasteiger partial charge on any atom is -0.494 e. The average Bonchev–Trinajstić information content (AvgIpc) is 2.69. The van der Waals surface area contributed by atoms with E-state index < -0.39 is 10.0 Å². The second kappa shape index (κ2) is 8.54. The molecule has 1 fully saturated rings. The molecule has 27 heavy (non-hydrogen) atoms. The number of amides is 1. The van der Waals surface area contributed by atoms with Crippen LogP contribution in [0.15, 0.2) is 53.4 Å². The quantitative estimate of drug-likeness (QED) is 0.822. The molecular formula is C20H24N2O4S. The number of sulfonamides is 1. The van der Waals surface area contributed by atoms with E-state index in [0.29, 0.717) is 36.7 Å². The molecule has 6 nitrogen and oxygen atoms in total. The lowest BCUT2D eigenvalue weighted by atomic mass is 10.2. The van der Waals surface area contributed by atoms with E-state index in [9.17, 15) is 13.2 Å². The maximum absolute atomic E-state index is 12.8. The second-order valence-corrected chi connectivity index (χ2v) is 8.35. The average molecular weight is 388 g/mol. The van der Waals surface area contributed by atoms with Crippen molar-refractivity contribution in [3.05, 3.63) is 54.1 Å². The van der Waals surface area contributed by atoms with Gasteiger partial charge in [-0.25, -0.2) is 8.42 Å². The van der Waals surface area contributed by atoms with Gasteiger partial charge in [-0.15, -0.1) is 0 Å². The first kappa shape index (κ1) is 19.4. The third-order valence-corrected chi connectivity index (χ3v) is 6.35. The van der Waals surface area contributed by atoms with Gasteiger partial charge in [-0.05, 0) is 50.1 Å². The molecular weight excluding hydrogens is 364 g/mol. The van der Waals surface area contributed by atoms with Crippen molar-refractivity contribution in [2.24, 2.45) is 0 Å². The summed E-state index contributed by atoms with van der Waals surface area (Å²) in [4.78, 5) is 12.7. The van der Waals surface area contributed by atoms with E-state index in [1.807, 2.05) is 13.0 Å². The number of ether oxygens (including phenoxy) is 1. The van der Waals surface area contributed by atoms with Crippen LogP contribution in [-0.2, 0) is 10.0 Å². The van der Waals surface area contributed by atoms with Crippen LogP contribution in [0.2, 0.25) is 0 Å². The predicted octanol–water partition coefficient (Wildman–Crippen LogP) is 3.51. The molecule has 1 N–H and O–H groups in total. The number of rotatable bonds is 6. The van der Waals surface area contributed by atoms with Gasteiger partial charge in [-0.3, -0.25) is 4.79 Å². The Hall–Kier alpha value is -2.38. The topological polar surface area (TPSA) is 75.7 Å². The van der Waals surface area contributed by atoms with Gasteiger partial charge in [0.05, 0.1) is 11.5 Å². The molecule has 0 spiro atoms. The highest BCUT2D eigenvalue weighted by Crippen LogP contribution is 2.22. The zero-order chi connectivity index (χ0) is 19.3. The number of carbonyl (C=O) groups is 1. The molecule has 1 aliphatic heterocycles. The molecule has 0 unspecified atom stereocenters. The maximum atomic E-state index is 12.8. The molecule has 2 aromatic carbocycles. The summed E-state index contributed by atoms with van der Waals surface area (Å²) < 4.78 is 32.6. The molecule has 1 amide bonds. The normalized spacial score (nSPS) is 15.3. The predicted molar refractivity (Wildman–Crippen MR) is 105 cm³/mol. The van der Waals surface area contributed by atoms with E-state index in [2.05, 4.69) is 5.32 Å². The fourth-order valence-electron chi connectivity index (χ4n) is 3.09. The largest absolute Gasteiger partial charge is 0.494 e. The van der Waals surface area contributed by atoms with Crippen LogP contribution < -0.4 is 10.1 Å². The Bertz CT molecular complexity index is 906. The summed E-state index contributed by atoms with van der Waals surface area (Å²) in [5, 5.41) is 2.79. The van der Waals surface area contributed by atoms with E-state index >= 15 is 0 Å². The van der Waals surface area contributed by atoms with Gasteiger partial charge in [0.25, 0.3) is 5.91 Å². The van der Waals surface area contributed by atoms with Crippen molar-refractivity contribution in [1.82, 2.24) is 4.31 Å². The number of nitrogens with zero attached hydrogens (tertiary/aromatic N) is 1. The first-order chi connectivity index (χ1) is 13.0. The zero-order valence-electron chi connectivity index (χ0n) is 15.3. The van der Waals surface area contributed by atoms with Gasteiger partial charge < -0.3 is 10.1 Å². The molecule has 1 heterocycles. The fourth-order valence-corrected chi connectivity index (χ4v) is 4.65. The fraction of sp³-hybridized carbons (Fsp3) is 0.350. The number of hydrogen-bond donors (Lipinski definition) is 1. The Morgan fingerprint density at radius 2 is 1.81 bits per heavy atom. The van der Waals surface area contributed by atoms with E-state index in [0.717, 1.165) is 19.3 Å². The van der Waals surface area contributed by atoms with E-state index in [4.69, 9.17) is 4.74 Å². The monoisotopic (exact) mass is 388 g/mol. The van der Waals surface area contributed by atoms with E-state index in [1.54, 1.807) is 30.3 Å². The van der Waals surface area contributed by atoms with Gasteiger partial charge in [0.15, 0.2) is 0 Å². The number of carbonyl (C=O) groups excluding carboxylic acids is 1. The highest BCUT2D eigenvalue weighted by molar-refractivity contribution is 7.89. The molecule has 144 valence electrons. The van der Waals surface area contributed by atoms with Gasteiger partial charge in [0.2, 0.25) is 10.0 Å². The summed E-state index contributed by atoms with van der Waals surface area (Å²) in [5.74, 6) is 0.302. The van der Waals surface area contributed by atoms with Crippen LogP contribution in [0.1, 0.15) is 36.5 Å². The lowest BCUT2D eigenvalue weighted by Gasteiger charge is -2.26. The molecule has 0 atom stereocenters. The highest BCUT2D eigenvalue weighted by atomic mass is 32.2. The summed E-state index contributed by atoms with van der Waals surface area (Å²) in [6.45, 7) is 3.49. The number of hydrogen-bond acceptors (Lipinski definition) is 4.